The van der Waals surface area contributed by atoms with E-state index < -0.39 is 24.0 Å². The van der Waals surface area contributed by atoms with Crippen LogP contribution in [0.2, 0.25) is 0 Å². The van der Waals surface area contributed by atoms with Gasteiger partial charge in [0.25, 0.3) is 11.5 Å². The van der Waals surface area contributed by atoms with Gasteiger partial charge in [0.15, 0.2) is 0 Å². The average molecular weight is 417 g/mol. The van der Waals surface area contributed by atoms with Crippen molar-refractivity contribution < 1.29 is 19.8 Å². The number of hydrogen-bond donors (Lipinski definition) is 5. The molecule has 1 aliphatic rings. The first kappa shape index (κ1) is 19.2. The predicted molar refractivity (Wildman–Crippen MR) is 106 cm³/mol. The van der Waals surface area contributed by atoms with E-state index in [1.54, 1.807) is 18.3 Å². The number of aromatic nitrogens is 3. The van der Waals surface area contributed by atoms with Crippen LogP contribution in [-0.2, 0) is 4.79 Å². The van der Waals surface area contributed by atoms with Gasteiger partial charge in [0.05, 0.1) is 16.4 Å². The van der Waals surface area contributed by atoms with Gasteiger partial charge in [-0.1, -0.05) is 6.92 Å². The van der Waals surface area contributed by atoms with Crippen LogP contribution in [-0.4, -0.2) is 60.6 Å². The van der Waals surface area contributed by atoms with E-state index in [4.69, 9.17) is 5.73 Å². The van der Waals surface area contributed by atoms with E-state index in [0.29, 0.717) is 15.9 Å². The number of nitrogen functional groups attached to an aromatic ring is 1. The minimum atomic E-state index is -1.13. The molecule has 4 rings (SSSR count). The van der Waals surface area contributed by atoms with Crippen LogP contribution >= 0.6 is 11.3 Å². The van der Waals surface area contributed by atoms with Crippen molar-refractivity contribution in [3.63, 3.8) is 0 Å². The number of aromatic amines is 2. The normalized spacial score (nSPS) is 20.3. The molecule has 152 valence electrons. The maximum absolute atomic E-state index is 12.8. The van der Waals surface area contributed by atoms with Crippen LogP contribution in [0.1, 0.15) is 39.4 Å². The third-order valence-corrected chi connectivity index (χ3v) is 6.40. The monoisotopic (exact) mass is 417 g/mol. The molecule has 11 heteroatoms. The van der Waals surface area contributed by atoms with Crippen molar-refractivity contribution in [2.75, 3.05) is 12.3 Å². The minimum Gasteiger partial charge on any atom is -0.480 e. The Morgan fingerprint density at radius 1 is 1.41 bits per heavy atom. The van der Waals surface area contributed by atoms with Gasteiger partial charge in [-0.05, 0) is 17.7 Å². The molecule has 3 atom stereocenters. The van der Waals surface area contributed by atoms with Crippen LogP contribution in [0.3, 0.4) is 0 Å². The number of carboxylic acids is 1. The molecule has 10 nitrogen and oxygen atoms in total. The lowest BCUT2D eigenvalue weighted by atomic mass is 10.0. The Balaban J connectivity index is 1.63. The minimum absolute atomic E-state index is 0.0104. The summed E-state index contributed by atoms with van der Waals surface area (Å²) in [7, 11) is 0. The van der Waals surface area contributed by atoms with Crippen molar-refractivity contribution in [3.05, 3.63) is 44.0 Å². The van der Waals surface area contributed by atoms with Gasteiger partial charge < -0.3 is 25.8 Å². The fourth-order valence-corrected chi connectivity index (χ4v) is 4.72. The van der Waals surface area contributed by atoms with Crippen LogP contribution in [0.15, 0.2) is 23.1 Å². The second-order valence-corrected chi connectivity index (χ2v) is 8.16. The zero-order valence-electron chi connectivity index (χ0n) is 15.4. The number of carbonyl (C=O) groups excluding carboxylic acids is 1. The van der Waals surface area contributed by atoms with Gasteiger partial charge in [-0.15, -0.1) is 11.3 Å². The highest BCUT2D eigenvalue weighted by atomic mass is 32.1. The van der Waals surface area contributed by atoms with Gasteiger partial charge in [-0.3, -0.25) is 14.6 Å². The molecule has 0 radical (unpaired) electrons. The Morgan fingerprint density at radius 3 is 2.90 bits per heavy atom. The summed E-state index contributed by atoms with van der Waals surface area (Å²) < 4.78 is 0. The van der Waals surface area contributed by atoms with Crippen molar-refractivity contribution in [2.24, 2.45) is 0 Å². The zero-order chi connectivity index (χ0) is 20.9. The van der Waals surface area contributed by atoms with Gasteiger partial charge in [0, 0.05) is 30.0 Å². The molecule has 1 amide bonds. The Hall–Kier alpha value is -3.18. The quantitative estimate of drug-likeness (QED) is 0.417. The standard InChI is InChI=1S/C18H19N5O5S/c1-7(9-5-20-14-13(9)15(25)22-18(19)21-14)11-2-3-12(29-11)16(26)23-6-8(24)4-10(23)17(27)28/h2-3,5,7-8,10,24H,4,6H2,1H3,(H,27,28)(H4,19,20,21,22,25)/t7?,8-,10+/m1/s1. The Labute approximate surface area is 168 Å². The lowest BCUT2D eigenvalue weighted by Gasteiger charge is -2.20. The van der Waals surface area contributed by atoms with Gasteiger partial charge >= 0.3 is 5.97 Å². The molecule has 0 bridgehead atoms. The smallest absolute Gasteiger partial charge is 0.326 e. The van der Waals surface area contributed by atoms with E-state index in [1.807, 2.05) is 6.92 Å². The number of fused-ring (bicyclic) bond motifs is 1. The van der Waals surface area contributed by atoms with E-state index in [2.05, 4.69) is 15.0 Å². The van der Waals surface area contributed by atoms with E-state index >= 15 is 0 Å². The summed E-state index contributed by atoms with van der Waals surface area (Å²) >= 11 is 1.23. The number of nitrogens with two attached hydrogens (primary N) is 1. The Kier molecular flexibility index (Phi) is 4.63. The van der Waals surface area contributed by atoms with Crippen LogP contribution in [0.4, 0.5) is 5.95 Å². The van der Waals surface area contributed by atoms with Gasteiger partial charge in [-0.2, -0.15) is 4.98 Å². The zero-order valence-corrected chi connectivity index (χ0v) is 16.2. The molecule has 3 aromatic heterocycles. The molecule has 1 saturated heterocycles. The number of anilines is 1. The molecular formula is C18H19N5O5S. The highest BCUT2D eigenvalue weighted by Gasteiger charge is 2.39. The lowest BCUT2D eigenvalue weighted by molar-refractivity contribution is -0.141. The fourth-order valence-electron chi connectivity index (χ4n) is 3.69. The molecule has 29 heavy (non-hydrogen) atoms. The molecule has 0 saturated carbocycles. The molecule has 0 spiro atoms. The Bertz CT molecular complexity index is 1170. The molecule has 4 heterocycles. The number of rotatable bonds is 4. The third-order valence-electron chi connectivity index (χ3n) is 5.15. The summed E-state index contributed by atoms with van der Waals surface area (Å²) in [4.78, 5) is 48.4. The maximum atomic E-state index is 12.8. The molecule has 3 aromatic rings. The summed E-state index contributed by atoms with van der Waals surface area (Å²) in [5, 5.41) is 19.5. The number of hydrogen-bond acceptors (Lipinski definition) is 7. The van der Waals surface area contributed by atoms with E-state index in [0.717, 1.165) is 10.4 Å². The molecule has 1 fully saturated rings. The summed E-state index contributed by atoms with van der Waals surface area (Å²) in [6.45, 7) is 1.89. The largest absolute Gasteiger partial charge is 0.480 e. The van der Waals surface area contributed by atoms with Crippen LogP contribution < -0.4 is 11.3 Å². The average Bonchev–Trinajstić information content (AvgIpc) is 3.37. The number of nitrogens with one attached hydrogen (secondary N) is 2. The van der Waals surface area contributed by atoms with Crippen molar-refractivity contribution in [1.82, 2.24) is 19.9 Å². The first-order valence-electron chi connectivity index (χ1n) is 8.94. The number of nitrogens with zero attached hydrogens (tertiary/aromatic N) is 2. The summed E-state index contributed by atoms with van der Waals surface area (Å²) in [6.07, 6.45) is 0.857. The highest BCUT2D eigenvalue weighted by Crippen LogP contribution is 2.34. The molecule has 1 aliphatic heterocycles. The third kappa shape index (κ3) is 3.28. The molecule has 1 unspecified atom stereocenters. The van der Waals surface area contributed by atoms with Gasteiger partial charge in [0.2, 0.25) is 5.95 Å². The van der Waals surface area contributed by atoms with Crippen molar-refractivity contribution in [3.8, 4) is 0 Å². The summed E-state index contributed by atoms with van der Waals surface area (Å²) in [5.74, 6) is -1.75. The first-order chi connectivity index (χ1) is 13.8. The number of thiophene rings is 1. The molecule has 0 aromatic carbocycles. The fraction of sp³-hybridized carbons (Fsp3) is 0.333. The lowest BCUT2D eigenvalue weighted by Crippen LogP contribution is -2.40. The first-order valence-corrected chi connectivity index (χ1v) is 9.76. The number of likely N-dealkylation sites (tertiary alicyclic amines) is 1. The van der Waals surface area contributed by atoms with Crippen molar-refractivity contribution in [1.29, 1.82) is 0 Å². The van der Waals surface area contributed by atoms with Gasteiger partial charge in [-0.25, -0.2) is 4.79 Å². The molecule has 0 aliphatic carbocycles. The van der Waals surface area contributed by atoms with Crippen molar-refractivity contribution in [2.45, 2.75) is 31.4 Å². The molecular weight excluding hydrogens is 398 g/mol. The second kappa shape index (κ2) is 7.01. The molecule has 6 N–H and O–H groups in total. The summed E-state index contributed by atoms with van der Waals surface area (Å²) in [5.41, 5.74) is 6.33. The second-order valence-electron chi connectivity index (χ2n) is 7.04. The maximum Gasteiger partial charge on any atom is 0.326 e. The van der Waals surface area contributed by atoms with Crippen LogP contribution in [0.25, 0.3) is 11.0 Å². The van der Waals surface area contributed by atoms with E-state index in [-0.39, 0.29) is 30.4 Å². The number of H-pyrrole nitrogens is 2. The topological polar surface area (TPSA) is 165 Å². The van der Waals surface area contributed by atoms with Gasteiger partial charge in [0.1, 0.15) is 11.7 Å². The number of aliphatic carboxylic acids is 1. The number of β-amino-alcohol motifs (C(OH)–C–C–N with tert-alkyl or cyclic N) is 1. The van der Waals surface area contributed by atoms with E-state index in [9.17, 15) is 24.6 Å². The summed E-state index contributed by atoms with van der Waals surface area (Å²) in [6, 6.07) is 2.38. The number of amides is 1. The predicted octanol–water partition coefficient (Wildman–Crippen LogP) is 0.707. The van der Waals surface area contributed by atoms with Crippen LogP contribution in [0.5, 0.6) is 0 Å². The number of aliphatic hydroxyl groups is 1. The van der Waals surface area contributed by atoms with Crippen molar-refractivity contribution >= 4 is 40.2 Å². The number of aliphatic hydroxyl groups excluding tert-OH is 1. The highest BCUT2D eigenvalue weighted by molar-refractivity contribution is 7.14. The van der Waals surface area contributed by atoms with Crippen LogP contribution in [0, 0.1) is 0 Å². The number of carboxylic acid groups (broad SMARTS) is 1. The van der Waals surface area contributed by atoms with E-state index in [1.165, 1.54) is 16.2 Å². The number of carbonyl (C=O) groups is 2. The Morgan fingerprint density at radius 2 is 2.17 bits per heavy atom. The SMILES string of the molecule is CC(c1ccc(C(=O)N2C[C@H](O)C[C@H]2C(=O)O)s1)c1c[nH]c2nc(N)[nH]c(=O)c12.